The van der Waals surface area contributed by atoms with Crippen LogP contribution in [0, 0.1) is 23.0 Å². The number of hydrogen-bond donors (Lipinski definition) is 1. The monoisotopic (exact) mass is 278 g/mol. The number of nitrogens with zero attached hydrogens (tertiary/aromatic N) is 1. The van der Waals surface area contributed by atoms with Gasteiger partial charge < -0.3 is 10.1 Å². The summed E-state index contributed by atoms with van der Waals surface area (Å²) >= 11 is 0. The van der Waals surface area contributed by atoms with Crippen LogP contribution < -0.4 is 5.32 Å². The van der Waals surface area contributed by atoms with Gasteiger partial charge in [0.15, 0.2) is 0 Å². The molecule has 1 fully saturated rings. The van der Waals surface area contributed by atoms with Crippen molar-refractivity contribution in [3.63, 3.8) is 0 Å². The zero-order valence-corrected chi connectivity index (χ0v) is 12.3. The molecule has 1 N–H and O–H groups in total. The quantitative estimate of drug-likeness (QED) is 0.676. The number of anilines is 1. The van der Waals surface area contributed by atoms with Crippen LogP contribution in [-0.4, -0.2) is 23.7 Å². The summed E-state index contributed by atoms with van der Waals surface area (Å²) in [5.74, 6) is 0.465. The van der Waals surface area contributed by atoms with Gasteiger partial charge in [0.05, 0.1) is 11.0 Å². The molecule has 5 heteroatoms. The largest absolute Gasteiger partial charge is 0.378 e. The molecular weight excluding hydrogens is 256 g/mol. The fourth-order valence-corrected chi connectivity index (χ4v) is 2.57. The summed E-state index contributed by atoms with van der Waals surface area (Å²) in [6, 6.07) is 5.41. The number of benzene rings is 1. The van der Waals surface area contributed by atoms with E-state index in [-0.39, 0.29) is 22.8 Å². The molecule has 1 aliphatic rings. The maximum atomic E-state index is 11.1. The van der Waals surface area contributed by atoms with Crippen molar-refractivity contribution in [1.29, 1.82) is 0 Å². The number of hydrogen-bond acceptors (Lipinski definition) is 4. The molecule has 2 rings (SSSR count). The highest BCUT2D eigenvalue weighted by Gasteiger charge is 2.26. The molecule has 1 saturated heterocycles. The Labute approximate surface area is 119 Å². The summed E-state index contributed by atoms with van der Waals surface area (Å²) in [7, 11) is 0. The van der Waals surface area contributed by atoms with Gasteiger partial charge in [0.25, 0.3) is 5.69 Å². The lowest BCUT2D eigenvalue weighted by molar-refractivity contribution is -0.384. The van der Waals surface area contributed by atoms with Gasteiger partial charge in [-0.15, -0.1) is 0 Å². The van der Waals surface area contributed by atoms with Gasteiger partial charge in [-0.05, 0) is 37.3 Å². The van der Waals surface area contributed by atoms with Crippen LogP contribution >= 0.6 is 0 Å². The highest BCUT2D eigenvalue weighted by atomic mass is 16.6. The fourth-order valence-electron chi connectivity index (χ4n) is 2.57. The molecule has 5 nitrogen and oxygen atoms in total. The fraction of sp³-hybridized carbons (Fsp3) is 0.600. The van der Waals surface area contributed by atoms with E-state index in [0.717, 1.165) is 18.4 Å². The third-order valence-corrected chi connectivity index (χ3v) is 3.77. The summed E-state index contributed by atoms with van der Waals surface area (Å²) in [5.41, 5.74) is 1.78. The van der Waals surface area contributed by atoms with Crippen LogP contribution in [0.4, 0.5) is 11.4 Å². The van der Waals surface area contributed by atoms with Gasteiger partial charge >= 0.3 is 0 Å². The Morgan fingerprint density at radius 2 is 2.20 bits per heavy atom. The van der Waals surface area contributed by atoms with Crippen molar-refractivity contribution in [3.05, 3.63) is 33.9 Å². The standard InChI is InChI=1S/C15H22N2O3/c1-10(2)15-9-12(6-7-20-15)16-13-8-11(3)4-5-14(13)17(18)19/h4-5,8,10,12,15-16H,6-7,9H2,1-3H3. The van der Waals surface area contributed by atoms with Crippen molar-refractivity contribution >= 4 is 11.4 Å². The van der Waals surface area contributed by atoms with Crippen LogP contribution in [0.3, 0.4) is 0 Å². The second-order valence-corrected chi connectivity index (χ2v) is 5.80. The van der Waals surface area contributed by atoms with Crippen molar-refractivity contribution in [2.24, 2.45) is 5.92 Å². The average Bonchev–Trinajstić information content (AvgIpc) is 2.38. The molecule has 0 amide bonds. The molecule has 0 saturated carbocycles. The third-order valence-electron chi connectivity index (χ3n) is 3.77. The smallest absolute Gasteiger partial charge is 0.292 e. The second-order valence-electron chi connectivity index (χ2n) is 5.80. The molecule has 2 unspecified atom stereocenters. The number of nitro benzene ring substituents is 1. The molecule has 0 aliphatic carbocycles. The second kappa shape index (κ2) is 6.22. The molecule has 2 atom stereocenters. The molecule has 1 aliphatic heterocycles. The van der Waals surface area contributed by atoms with Crippen molar-refractivity contribution in [2.45, 2.75) is 45.8 Å². The van der Waals surface area contributed by atoms with Gasteiger partial charge in [0.2, 0.25) is 0 Å². The number of rotatable bonds is 4. The lowest BCUT2D eigenvalue weighted by Gasteiger charge is -2.32. The van der Waals surface area contributed by atoms with E-state index in [4.69, 9.17) is 4.74 Å². The first-order chi connectivity index (χ1) is 9.47. The summed E-state index contributed by atoms with van der Waals surface area (Å²) in [4.78, 5) is 10.8. The van der Waals surface area contributed by atoms with Crippen LogP contribution in [-0.2, 0) is 4.74 Å². The van der Waals surface area contributed by atoms with E-state index in [2.05, 4.69) is 19.2 Å². The molecule has 0 bridgehead atoms. The van der Waals surface area contributed by atoms with E-state index in [1.54, 1.807) is 12.1 Å². The lowest BCUT2D eigenvalue weighted by atomic mass is 9.95. The van der Waals surface area contributed by atoms with Gasteiger partial charge in [0.1, 0.15) is 5.69 Å². The van der Waals surface area contributed by atoms with Crippen molar-refractivity contribution < 1.29 is 9.66 Å². The summed E-state index contributed by atoms with van der Waals surface area (Å²) in [5, 5.41) is 14.4. The topological polar surface area (TPSA) is 64.4 Å². The van der Waals surface area contributed by atoms with E-state index in [9.17, 15) is 10.1 Å². The van der Waals surface area contributed by atoms with Gasteiger partial charge in [-0.2, -0.15) is 0 Å². The Morgan fingerprint density at radius 3 is 2.85 bits per heavy atom. The number of aryl methyl sites for hydroxylation is 1. The minimum absolute atomic E-state index is 0.142. The van der Waals surface area contributed by atoms with E-state index in [0.29, 0.717) is 18.2 Å². The number of nitrogens with one attached hydrogen (secondary N) is 1. The van der Waals surface area contributed by atoms with Crippen LogP contribution in [0.5, 0.6) is 0 Å². The van der Waals surface area contributed by atoms with Crippen molar-refractivity contribution in [3.8, 4) is 0 Å². The Balaban J connectivity index is 2.13. The average molecular weight is 278 g/mol. The van der Waals surface area contributed by atoms with Gasteiger partial charge in [-0.25, -0.2) is 0 Å². The minimum Gasteiger partial charge on any atom is -0.378 e. The molecule has 20 heavy (non-hydrogen) atoms. The molecule has 0 aromatic heterocycles. The first-order valence-electron chi connectivity index (χ1n) is 7.10. The van der Waals surface area contributed by atoms with Crippen molar-refractivity contribution in [2.75, 3.05) is 11.9 Å². The van der Waals surface area contributed by atoms with Crippen LogP contribution in [0.1, 0.15) is 32.3 Å². The zero-order chi connectivity index (χ0) is 14.7. The molecule has 0 spiro atoms. The Kier molecular flexibility index (Phi) is 4.60. The van der Waals surface area contributed by atoms with E-state index in [1.807, 2.05) is 13.0 Å². The normalized spacial score (nSPS) is 22.8. The van der Waals surface area contributed by atoms with Crippen molar-refractivity contribution in [1.82, 2.24) is 0 Å². The molecule has 1 aromatic rings. The predicted molar refractivity (Wildman–Crippen MR) is 79.1 cm³/mol. The molecule has 0 radical (unpaired) electrons. The highest BCUT2D eigenvalue weighted by molar-refractivity contribution is 5.63. The first kappa shape index (κ1) is 14.8. The van der Waals surface area contributed by atoms with Gasteiger partial charge in [-0.3, -0.25) is 10.1 Å². The molecule has 1 aromatic carbocycles. The summed E-state index contributed by atoms with van der Waals surface area (Å²) < 4.78 is 5.73. The SMILES string of the molecule is Cc1ccc([N+](=O)[O-])c(NC2CCOC(C(C)C)C2)c1. The van der Waals surface area contributed by atoms with Crippen LogP contribution in [0.25, 0.3) is 0 Å². The molecular formula is C15H22N2O3. The van der Waals surface area contributed by atoms with Gasteiger partial charge in [-0.1, -0.05) is 19.9 Å². The van der Waals surface area contributed by atoms with E-state index < -0.39 is 0 Å². The third kappa shape index (κ3) is 3.48. The Morgan fingerprint density at radius 1 is 1.45 bits per heavy atom. The van der Waals surface area contributed by atoms with Crippen LogP contribution in [0.2, 0.25) is 0 Å². The number of nitro groups is 1. The molecule has 110 valence electrons. The van der Waals surface area contributed by atoms with Gasteiger partial charge in [0, 0.05) is 18.7 Å². The lowest BCUT2D eigenvalue weighted by Crippen LogP contribution is -2.36. The van der Waals surface area contributed by atoms with E-state index in [1.165, 1.54) is 0 Å². The minimum atomic E-state index is -0.332. The number of ether oxygens (including phenoxy) is 1. The summed E-state index contributed by atoms with van der Waals surface area (Å²) in [6.07, 6.45) is 2.00. The summed E-state index contributed by atoms with van der Waals surface area (Å²) in [6.45, 7) is 6.93. The highest BCUT2D eigenvalue weighted by Crippen LogP contribution is 2.29. The van der Waals surface area contributed by atoms with E-state index >= 15 is 0 Å². The molecule has 1 heterocycles. The Bertz CT molecular complexity index is 488. The van der Waals surface area contributed by atoms with Crippen LogP contribution in [0.15, 0.2) is 18.2 Å². The predicted octanol–water partition coefficient (Wildman–Crippen LogP) is 3.52. The Hall–Kier alpha value is -1.62. The maximum absolute atomic E-state index is 11.1. The first-order valence-corrected chi connectivity index (χ1v) is 7.10. The zero-order valence-electron chi connectivity index (χ0n) is 12.3. The maximum Gasteiger partial charge on any atom is 0.292 e.